The first-order chi connectivity index (χ1) is 18.5. The fourth-order valence-corrected chi connectivity index (χ4v) is 6.83. The molecule has 3 aromatic heterocycles. The van der Waals surface area contributed by atoms with Crippen molar-refractivity contribution >= 4 is 33.7 Å². The maximum absolute atomic E-state index is 5.82. The Kier molecular flexibility index (Phi) is 5.47. The van der Waals surface area contributed by atoms with E-state index in [1.165, 1.54) is 22.2 Å². The third-order valence-electron chi connectivity index (χ3n) is 8.71. The fraction of sp³-hybridized carbons (Fsp3) is 0.400. The Balaban J connectivity index is 1.53. The molecule has 7 rings (SSSR count). The molecule has 0 spiro atoms. The van der Waals surface area contributed by atoms with Crippen LogP contribution in [0.2, 0.25) is 0 Å². The van der Waals surface area contributed by atoms with E-state index in [0.29, 0.717) is 5.92 Å². The van der Waals surface area contributed by atoms with E-state index < -0.39 is 0 Å². The second kappa shape index (κ2) is 8.91. The van der Waals surface area contributed by atoms with Gasteiger partial charge in [0.25, 0.3) is 0 Å². The molecule has 38 heavy (non-hydrogen) atoms. The van der Waals surface area contributed by atoms with Crippen LogP contribution in [0.15, 0.2) is 53.7 Å². The molecule has 8 nitrogen and oxygen atoms in total. The lowest BCUT2D eigenvalue weighted by Gasteiger charge is -2.36. The number of aromatic nitrogens is 6. The minimum Gasteiger partial charge on any atom is -0.381 e. The second-order valence-corrected chi connectivity index (χ2v) is 10.9. The summed E-state index contributed by atoms with van der Waals surface area (Å²) in [5.41, 5.74) is 8.14. The maximum Gasteiger partial charge on any atom is 0.0917 e. The van der Waals surface area contributed by atoms with E-state index in [-0.39, 0.29) is 17.9 Å². The number of hydrogen-bond donors (Lipinski definition) is 0. The lowest BCUT2D eigenvalue weighted by atomic mass is 9.83. The maximum atomic E-state index is 5.82. The highest BCUT2D eigenvalue weighted by molar-refractivity contribution is 6.04. The summed E-state index contributed by atoms with van der Waals surface area (Å²) in [6, 6.07) is 15.8. The molecular formula is C30H33N7O. The average molecular weight is 508 g/mol. The smallest absolute Gasteiger partial charge is 0.0917 e. The van der Waals surface area contributed by atoms with Crippen LogP contribution in [0, 0.1) is 12.8 Å². The molecule has 2 unspecified atom stereocenters. The number of rotatable bonds is 4. The van der Waals surface area contributed by atoms with E-state index in [2.05, 4.69) is 75.6 Å². The van der Waals surface area contributed by atoms with Gasteiger partial charge in [0.05, 0.1) is 40.3 Å². The molecule has 1 fully saturated rings. The highest BCUT2D eigenvalue weighted by atomic mass is 16.5. The van der Waals surface area contributed by atoms with Crippen LogP contribution in [0.3, 0.4) is 0 Å². The zero-order valence-corrected chi connectivity index (χ0v) is 22.4. The standard InChI is InChI=1S/C30H33N7O/c1-18-24(29-19(2)33-34-36(29)4)17-31-27-23-14-22-16-32-35(3)25(22)15-26(23)37(28(18)27)30(20-8-6-5-7-9-20)21-10-12-38-13-11-21/h5-9,14-18,21,24,30H,10-13H2,1-4H3/t18?,24?,30-/m1/s1. The van der Waals surface area contributed by atoms with Crippen molar-refractivity contribution in [1.82, 2.24) is 29.3 Å². The normalized spacial score (nSPS) is 20.8. The predicted molar refractivity (Wildman–Crippen MR) is 149 cm³/mol. The molecule has 0 radical (unpaired) electrons. The van der Waals surface area contributed by atoms with Crippen LogP contribution < -0.4 is 0 Å². The molecule has 3 atom stereocenters. The lowest BCUT2D eigenvalue weighted by Crippen LogP contribution is -2.29. The topological polar surface area (TPSA) is 75.1 Å². The van der Waals surface area contributed by atoms with Crippen LogP contribution in [-0.2, 0) is 18.8 Å². The number of benzene rings is 2. The molecule has 1 saturated heterocycles. The Morgan fingerprint density at radius 3 is 2.50 bits per heavy atom. The number of fused-ring (bicyclic) bond motifs is 4. The SMILES string of the molecule is Cc1nnn(C)c1C1C=Nc2c(n([C@H](c3ccccc3)C3CCOCC3)c3cc4c(cnn4C)cc23)C1C. The summed E-state index contributed by atoms with van der Waals surface area (Å²) in [5, 5.41) is 15.6. The quantitative estimate of drug-likeness (QED) is 0.318. The van der Waals surface area contributed by atoms with Crippen LogP contribution in [-0.4, -0.2) is 48.8 Å². The van der Waals surface area contributed by atoms with Crippen molar-refractivity contribution in [3.05, 3.63) is 71.3 Å². The summed E-state index contributed by atoms with van der Waals surface area (Å²) in [7, 11) is 4.00. The van der Waals surface area contributed by atoms with Crippen LogP contribution in [0.1, 0.15) is 60.3 Å². The molecular weight excluding hydrogens is 474 g/mol. The molecule has 5 heterocycles. The first-order valence-electron chi connectivity index (χ1n) is 13.6. The van der Waals surface area contributed by atoms with Crippen LogP contribution >= 0.6 is 0 Å². The zero-order valence-electron chi connectivity index (χ0n) is 22.4. The van der Waals surface area contributed by atoms with E-state index in [9.17, 15) is 0 Å². The molecule has 194 valence electrons. The van der Waals surface area contributed by atoms with Gasteiger partial charge in [-0.15, -0.1) is 5.10 Å². The molecule has 5 aromatic rings. The van der Waals surface area contributed by atoms with Crippen molar-refractivity contribution < 1.29 is 4.74 Å². The van der Waals surface area contributed by atoms with Crippen LogP contribution in [0.5, 0.6) is 0 Å². The van der Waals surface area contributed by atoms with Crippen molar-refractivity contribution in [3.63, 3.8) is 0 Å². The minimum atomic E-state index is 0.0905. The van der Waals surface area contributed by atoms with Crippen LogP contribution in [0.4, 0.5) is 5.69 Å². The van der Waals surface area contributed by atoms with Gasteiger partial charge in [-0.3, -0.25) is 14.4 Å². The van der Waals surface area contributed by atoms with E-state index in [1.54, 1.807) is 0 Å². The highest BCUT2D eigenvalue weighted by Gasteiger charge is 2.38. The molecule has 2 aliphatic rings. The van der Waals surface area contributed by atoms with Crippen LogP contribution in [0.25, 0.3) is 21.8 Å². The molecule has 0 saturated carbocycles. The van der Waals surface area contributed by atoms with Gasteiger partial charge in [-0.05, 0) is 43.4 Å². The Morgan fingerprint density at radius 2 is 1.76 bits per heavy atom. The summed E-state index contributed by atoms with van der Waals surface area (Å²) in [6.45, 7) is 5.99. The fourth-order valence-electron chi connectivity index (χ4n) is 6.83. The Hall–Kier alpha value is -3.78. The summed E-state index contributed by atoms with van der Waals surface area (Å²) >= 11 is 0. The third kappa shape index (κ3) is 3.46. The number of aliphatic imine (C=N–C) groups is 1. The van der Waals surface area contributed by atoms with E-state index in [4.69, 9.17) is 9.73 Å². The Labute approximate surface area is 221 Å². The van der Waals surface area contributed by atoms with Gasteiger partial charge in [0.2, 0.25) is 0 Å². The van der Waals surface area contributed by atoms with E-state index in [1.807, 2.05) is 36.6 Å². The van der Waals surface area contributed by atoms with Gasteiger partial charge in [-0.25, -0.2) is 0 Å². The molecule has 0 N–H and O–H groups in total. The molecule has 8 heteroatoms. The van der Waals surface area contributed by atoms with Crippen molar-refractivity contribution in [2.24, 2.45) is 25.0 Å². The number of aryl methyl sites for hydroxylation is 3. The van der Waals surface area contributed by atoms with E-state index >= 15 is 0 Å². The molecule has 2 aliphatic heterocycles. The first-order valence-corrected chi connectivity index (χ1v) is 13.6. The highest BCUT2D eigenvalue weighted by Crippen LogP contribution is 2.50. The van der Waals surface area contributed by atoms with E-state index in [0.717, 1.165) is 54.0 Å². The van der Waals surface area contributed by atoms with Gasteiger partial charge in [-0.2, -0.15) is 5.10 Å². The number of ether oxygens (including phenoxy) is 1. The summed E-state index contributed by atoms with van der Waals surface area (Å²) in [6.07, 6.45) is 6.14. The van der Waals surface area contributed by atoms with Gasteiger partial charge in [-0.1, -0.05) is 42.5 Å². The average Bonchev–Trinajstić information content (AvgIpc) is 3.58. The zero-order chi connectivity index (χ0) is 26.0. The minimum absolute atomic E-state index is 0.0905. The van der Waals surface area contributed by atoms with Gasteiger partial charge in [0, 0.05) is 61.8 Å². The monoisotopic (exact) mass is 507 g/mol. The second-order valence-electron chi connectivity index (χ2n) is 10.9. The Bertz CT molecular complexity index is 1650. The van der Waals surface area contributed by atoms with Crippen molar-refractivity contribution in [2.45, 2.75) is 44.6 Å². The van der Waals surface area contributed by atoms with Gasteiger partial charge >= 0.3 is 0 Å². The number of hydrogen-bond acceptors (Lipinski definition) is 5. The van der Waals surface area contributed by atoms with Crippen molar-refractivity contribution in [3.8, 4) is 0 Å². The van der Waals surface area contributed by atoms with Gasteiger partial charge in [0.15, 0.2) is 0 Å². The molecule has 0 amide bonds. The molecule has 0 bridgehead atoms. The molecule has 0 aliphatic carbocycles. The summed E-state index contributed by atoms with van der Waals surface area (Å²) < 4.78 is 12.3. The van der Waals surface area contributed by atoms with Crippen molar-refractivity contribution in [1.29, 1.82) is 0 Å². The Morgan fingerprint density at radius 1 is 0.974 bits per heavy atom. The predicted octanol–water partition coefficient (Wildman–Crippen LogP) is 5.58. The first kappa shape index (κ1) is 23.3. The summed E-state index contributed by atoms with van der Waals surface area (Å²) in [4.78, 5) is 5.18. The van der Waals surface area contributed by atoms with Gasteiger partial charge < -0.3 is 9.30 Å². The molecule has 2 aromatic carbocycles. The lowest BCUT2D eigenvalue weighted by molar-refractivity contribution is 0.0544. The van der Waals surface area contributed by atoms with Gasteiger partial charge in [0.1, 0.15) is 0 Å². The summed E-state index contributed by atoms with van der Waals surface area (Å²) in [5.74, 6) is 0.746. The third-order valence-corrected chi connectivity index (χ3v) is 8.71. The largest absolute Gasteiger partial charge is 0.381 e. The van der Waals surface area contributed by atoms with Crippen molar-refractivity contribution in [2.75, 3.05) is 13.2 Å². The number of nitrogens with zero attached hydrogens (tertiary/aromatic N) is 7.